The van der Waals surface area contributed by atoms with E-state index in [1.165, 1.54) is 11.1 Å². The van der Waals surface area contributed by atoms with E-state index in [1.54, 1.807) is 0 Å². The molecule has 3 heteroatoms. The molecule has 1 rings (SSSR count). The summed E-state index contributed by atoms with van der Waals surface area (Å²) in [5.41, 5.74) is 9.25. The van der Waals surface area contributed by atoms with Crippen molar-refractivity contribution in [3.8, 4) is 0 Å². The number of hydrogen-bond donors (Lipinski definition) is 1. The van der Waals surface area contributed by atoms with Gasteiger partial charge in [0.05, 0.1) is 6.42 Å². The number of carbonyl (C=O) groups excluding carboxylic acids is 1. The minimum atomic E-state index is 0.187. The Morgan fingerprint density at radius 3 is 2.35 bits per heavy atom. The number of nitrogens with zero attached hydrogens (tertiary/aromatic N) is 1. The average Bonchev–Trinajstić information content (AvgIpc) is 2.43. The van der Waals surface area contributed by atoms with Gasteiger partial charge in [0.15, 0.2) is 0 Å². The maximum Gasteiger partial charge on any atom is 0.227 e. The second kappa shape index (κ2) is 8.05. The predicted molar refractivity (Wildman–Crippen MR) is 84.8 cm³/mol. The van der Waals surface area contributed by atoms with Gasteiger partial charge in [-0.25, -0.2) is 0 Å². The van der Waals surface area contributed by atoms with E-state index in [9.17, 15) is 4.79 Å². The summed E-state index contributed by atoms with van der Waals surface area (Å²) < 4.78 is 0. The van der Waals surface area contributed by atoms with Crippen LogP contribution < -0.4 is 5.73 Å². The van der Waals surface area contributed by atoms with Crippen LogP contribution in [-0.2, 0) is 11.2 Å². The quantitative estimate of drug-likeness (QED) is 0.832. The van der Waals surface area contributed by atoms with E-state index in [1.807, 2.05) is 11.0 Å². The van der Waals surface area contributed by atoms with Crippen LogP contribution >= 0.6 is 0 Å². The van der Waals surface area contributed by atoms with Crippen molar-refractivity contribution in [2.24, 2.45) is 5.73 Å². The normalized spacial score (nSPS) is 10.9. The molecule has 2 N–H and O–H groups in total. The molecule has 0 aliphatic rings. The van der Waals surface area contributed by atoms with E-state index in [4.69, 9.17) is 5.73 Å². The van der Waals surface area contributed by atoms with Crippen molar-refractivity contribution in [2.45, 2.75) is 53.0 Å². The van der Waals surface area contributed by atoms with Crippen molar-refractivity contribution in [1.82, 2.24) is 4.90 Å². The summed E-state index contributed by atoms with van der Waals surface area (Å²) in [6.45, 7) is 9.60. The SMILES string of the molecule is CCC(CC)N(CCN)C(=O)Cc1ccc(C)c(C)c1. The van der Waals surface area contributed by atoms with Crippen LogP contribution in [0, 0.1) is 13.8 Å². The first-order chi connectivity index (χ1) is 9.53. The Morgan fingerprint density at radius 1 is 1.20 bits per heavy atom. The van der Waals surface area contributed by atoms with Gasteiger partial charge in [-0.05, 0) is 43.4 Å². The minimum absolute atomic E-state index is 0.187. The van der Waals surface area contributed by atoms with Gasteiger partial charge in [0.2, 0.25) is 5.91 Å². The third-order valence-corrected chi connectivity index (χ3v) is 4.00. The topological polar surface area (TPSA) is 46.3 Å². The Kier molecular flexibility index (Phi) is 6.73. The summed E-state index contributed by atoms with van der Waals surface area (Å²) >= 11 is 0. The Balaban J connectivity index is 2.81. The van der Waals surface area contributed by atoms with E-state index in [0.29, 0.717) is 25.6 Å². The number of benzene rings is 1. The average molecular weight is 276 g/mol. The molecular weight excluding hydrogens is 248 g/mol. The van der Waals surface area contributed by atoms with Crippen LogP contribution in [0.15, 0.2) is 18.2 Å². The third-order valence-electron chi connectivity index (χ3n) is 4.00. The molecule has 0 atom stereocenters. The molecule has 20 heavy (non-hydrogen) atoms. The predicted octanol–water partition coefficient (Wildman–Crippen LogP) is 2.82. The van der Waals surface area contributed by atoms with Gasteiger partial charge in [0.1, 0.15) is 0 Å². The molecule has 0 saturated heterocycles. The summed E-state index contributed by atoms with van der Waals surface area (Å²) in [4.78, 5) is 14.5. The first-order valence-electron chi connectivity index (χ1n) is 7.59. The zero-order chi connectivity index (χ0) is 15.1. The summed E-state index contributed by atoms with van der Waals surface area (Å²) in [6, 6.07) is 6.55. The second-order valence-corrected chi connectivity index (χ2v) is 5.44. The molecule has 0 saturated carbocycles. The van der Waals surface area contributed by atoms with E-state index in [2.05, 4.69) is 39.8 Å². The molecule has 0 aliphatic carbocycles. The van der Waals surface area contributed by atoms with Gasteiger partial charge in [0, 0.05) is 19.1 Å². The highest BCUT2D eigenvalue weighted by Gasteiger charge is 2.20. The van der Waals surface area contributed by atoms with Gasteiger partial charge in [0.25, 0.3) is 0 Å². The third kappa shape index (κ3) is 4.34. The molecular formula is C17H28N2O. The largest absolute Gasteiger partial charge is 0.338 e. The van der Waals surface area contributed by atoms with Crippen LogP contribution in [-0.4, -0.2) is 29.9 Å². The van der Waals surface area contributed by atoms with Crippen LogP contribution in [0.5, 0.6) is 0 Å². The van der Waals surface area contributed by atoms with Crippen LogP contribution in [0.3, 0.4) is 0 Å². The maximum absolute atomic E-state index is 12.5. The van der Waals surface area contributed by atoms with Crippen LogP contribution in [0.2, 0.25) is 0 Å². The molecule has 112 valence electrons. The summed E-state index contributed by atoms with van der Waals surface area (Å²) in [6.07, 6.45) is 2.43. The van der Waals surface area contributed by atoms with Crippen LogP contribution in [0.25, 0.3) is 0 Å². The van der Waals surface area contributed by atoms with Crippen molar-refractivity contribution in [3.05, 3.63) is 34.9 Å². The van der Waals surface area contributed by atoms with E-state index < -0.39 is 0 Å². The summed E-state index contributed by atoms with van der Waals surface area (Å²) in [5, 5.41) is 0. The Labute approximate surface area is 123 Å². The van der Waals surface area contributed by atoms with E-state index in [-0.39, 0.29) is 5.91 Å². The smallest absolute Gasteiger partial charge is 0.227 e. The lowest BCUT2D eigenvalue weighted by molar-refractivity contribution is -0.132. The molecule has 0 bridgehead atoms. The molecule has 3 nitrogen and oxygen atoms in total. The number of carbonyl (C=O) groups is 1. The number of aryl methyl sites for hydroxylation is 2. The molecule has 0 fully saturated rings. The number of rotatable bonds is 7. The standard InChI is InChI=1S/C17H28N2O/c1-5-16(6-2)19(10-9-18)17(20)12-15-8-7-13(3)14(4)11-15/h7-8,11,16H,5-6,9-10,12,18H2,1-4H3. The fourth-order valence-corrected chi connectivity index (χ4v) is 2.57. The van der Waals surface area contributed by atoms with Crippen molar-refractivity contribution in [2.75, 3.05) is 13.1 Å². The minimum Gasteiger partial charge on any atom is -0.338 e. The maximum atomic E-state index is 12.5. The molecule has 1 aromatic carbocycles. The Bertz CT molecular complexity index is 439. The van der Waals surface area contributed by atoms with Crippen molar-refractivity contribution < 1.29 is 4.79 Å². The number of nitrogens with two attached hydrogens (primary N) is 1. The van der Waals surface area contributed by atoms with Crippen molar-refractivity contribution in [1.29, 1.82) is 0 Å². The zero-order valence-corrected chi connectivity index (χ0v) is 13.3. The van der Waals surface area contributed by atoms with Gasteiger partial charge in [-0.1, -0.05) is 32.0 Å². The molecule has 0 aromatic heterocycles. The molecule has 0 unspecified atom stereocenters. The molecule has 0 radical (unpaired) electrons. The molecule has 1 aromatic rings. The lowest BCUT2D eigenvalue weighted by Gasteiger charge is -2.30. The molecule has 1 amide bonds. The lowest BCUT2D eigenvalue weighted by Crippen LogP contribution is -2.43. The monoisotopic (exact) mass is 276 g/mol. The highest BCUT2D eigenvalue weighted by Crippen LogP contribution is 2.14. The van der Waals surface area contributed by atoms with Crippen LogP contribution in [0.4, 0.5) is 0 Å². The lowest BCUT2D eigenvalue weighted by atomic mass is 10.0. The highest BCUT2D eigenvalue weighted by molar-refractivity contribution is 5.79. The fraction of sp³-hybridized carbons (Fsp3) is 0.588. The van der Waals surface area contributed by atoms with Crippen molar-refractivity contribution >= 4 is 5.91 Å². The van der Waals surface area contributed by atoms with E-state index in [0.717, 1.165) is 18.4 Å². The molecule has 0 spiro atoms. The number of hydrogen-bond acceptors (Lipinski definition) is 2. The molecule has 0 heterocycles. The fourth-order valence-electron chi connectivity index (χ4n) is 2.57. The van der Waals surface area contributed by atoms with E-state index >= 15 is 0 Å². The van der Waals surface area contributed by atoms with Gasteiger partial charge < -0.3 is 10.6 Å². The number of amides is 1. The van der Waals surface area contributed by atoms with Gasteiger partial charge in [-0.15, -0.1) is 0 Å². The second-order valence-electron chi connectivity index (χ2n) is 5.44. The van der Waals surface area contributed by atoms with Crippen LogP contribution in [0.1, 0.15) is 43.4 Å². The Morgan fingerprint density at radius 2 is 1.85 bits per heavy atom. The molecule has 0 aliphatic heterocycles. The van der Waals surface area contributed by atoms with Gasteiger partial charge >= 0.3 is 0 Å². The van der Waals surface area contributed by atoms with Crippen molar-refractivity contribution in [3.63, 3.8) is 0 Å². The van der Waals surface area contributed by atoms with Gasteiger partial charge in [-0.3, -0.25) is 4.79 Å². The first kappa shape index (κ1) is 16.7. The Hall–Kier alpha value is -1.35. The first-order valence-corrected chi connectivity index (χ1v) is 7.59. The highest BCUT2D eigenvalue weighted by atomic mass is 16.2. The summed E-state index contributed by atoms with van der Waals surface area (Å²) in [5.74, 6) is 0.187. The zero-order valence-electron chi connectivity index (χ0n) is 13.3. The van der Waals surface area contributed by atoms with Gasteiger partial charge in [-0.2, -0.15) is 0 Å². The summed E-state index contributed by atoms with van der Waals surface area (Å²) in [7, 11) is 0.